The van der Waals surface area contributed by atoms with E-state index in [9.17, 15) is 4.79 Å². The van der Waals surface area contributed by atoms with Crippen molar-refractivity contribution >= 4 is 5.97 Å². The number of nitrogens with zero attached hydrogens (tertiary/aromatic N) is 2. The van der Waals surface area contributed by atoms with Gasteiger partial charge in [0.25, 0.3) is 0 Å². The van der Waals surface area contributed by atoms with E-state index in [-0.39, 0.29) is 12.1 Å². The highest BCUT2D eigenvalue weighted by Crippen LogP contribution is 2.37. The third-order valence-corrected chi connectivity index (χ3v) is 3.37. The highest BCUT2D eigenvalue weighted by Gasteiger charge is 2.30. The van der Waals surface area contributed by atoms with E-state index in [0.717, 1.165) is 16.8 Å². The van der Waals surface area contributed by atoms with Gasteiger partial charge in [-0.05, 0) is 6.07 Å². The highest BCUT2D eigenvalue weighted by molar-refractivity contribution is 5.90. The maximum absolute atomic E-state index is 11.5. The van der Waals surface area contributed by atoms with E-state index >= 15 is 0 Å². The second-order valence-electron chi connectivity index (χ2n) is 4.72. The Labute approximate surface area is 122 Å². The highest BCUT2D eigenvalue weighted by atomic mass is 16.5. The van der Waals surface area contributed by atoms with Crippen LogP contribution in [0.25, 0.3) is 11.3 Å². The Bertz CT molecular complexity index is 696. The number of aromatic nitrogens is 2. The van der Waals surface area contributed by atoms with Crippen molar-refractivity contribution in [2.24, 2.45) is 0 Å². The summed E-state index contributed by atoms with van der Waals surface area (Å²) >= 11 is 0. The summed E-state index contributed by atoms with van der Waals surface area (Å²) in [6, 6.07) is 9.79. The van der Waals surface area contributed by atoms with Crippen molar-refractivity contribution < 1.29 is 14.3 Å². The fraction of sp³-hybridized carbons (Fsp3) is 0.188. The summed E-state index contributed by atoms with van der Waals surface area (Å²) < 4.78 is 10.4. The number of esters is 1. The average Bonchev–Trinajstić information content (AvgIpc) is 2.87. The van der Waals surface area contributed by atoms with Crippen molar-refractivity contribution in [1.29, 1.82) is 0 Å². The molecule has 5 heteroatoms. The van der Waals surface area contributed by atoms with Gasteiger partial charge < -0.3 is 9.47 Å². The first-order valence-corrected chi connectivity index (χ1v) is 6.54. The topological polar surface area (TPSA) is 61.3 Å². The Balaban J connectivity index is 2.03. The summed E-state index contributed by atoms with van der Waals surface area (Å²) in [6.45, 7) is 3.72. The number of benzene rings is 1. The quantitative estimate of drug-likeness (QED) is 0.640. The van der Waals surface area contributed by atoms with Gasteiger partial charge in [-0.3, -0.25) is 0 Å². The van der Waals surface area contributed by atoms with Gasteiger partial charge in [-0.25, -0.2) is 9.78 Å². The number of carbonyl (C=O) groups is 1. The van der Waals surface area contributed by atoms with Crippen LogP contribution in [0.4, 0.5) is 0 Å². The molecule has 0 saturated carbocycles. The maximum atomic E-state index is 11.5. The van der Waals surface area contributed by atoms with Crippen molar-refractivity contribution in [2.75, 3.05) is 7.11 Å². The number of hydrogen-bond acceptors (Lipinski definition) is 5. The predicted octanol–water partition coefficient (Wildman–Crippen LogP) is 2.70. The molecule has 1 aromatic heterocycles. The molecular weight excluding hydrogens is 268 g/mol. The summed E-state index contributed by atoms with van der Waals surface area (Å²) in [6.07, 6.45) is 1.82. The van der Waals surface area contributed by atoms with E-state index in [2.05, 4.69) is 16.5 Å². The van der Waals surface area contributed by atoms with Gasteiger partial charge in [-0.2, -0.15) is 4.98 Å². The zero-order chi connectivity index (χ0) is 14.8. The Morgan fingerprint density at radius 2 is 2.14 bits per heavy atom. The molecule has 21 heavy (non-hydrogen) atoms. The maximum Gasteiger partial charge on any atom is 0.334 e. The van der Waals surface area contributed by atoms with Gasteiger partial charge >= 0.3 is 12.0 Å². The van der Waals surface area contributed by atoms with Crippen LogP contribution in [0, 0.1) is 0 Å². The summed E-state index contributed by atoms with van der Waals surface area (Å²) in [5.74, 6) is -0.338. The van der Waals surface area contributed by atoms with Crippen LogP contribution in [0.1, 0.15) is 18.1 Å². The van der Waals surface area contributed by atoms with Gasteiger partial charge in [0.2, 0.25) is 0 Å². The van der Waals surface area contributed by atoms with Crippen molar-refractivity contribution in [1.82, 2.24) is 9.97 Å². The first-order chi connectivity index (χ1) is 10.2. The van der Waals surface area contributed by atoms with Gasteiger partial charge in [-0.15, -0.1) is 0 Å². The molecule has 1 saturated heterocycles. The van der Waals surface area contributed by atoms with E-state index in [0.29, 0.717) is 18.0 Å². The Hall–Kier alpha value is -2.69. The van der Waals surface area contributed by atoms with E-state index < -0.39 is 0 Å². The number of methoxy groups -OCH3 is 1. The second kappa shape index (κ2) is 5.36. The van der Waals surface area contributed by atoms with Crippen LogP contribution in [-0.2, 0) is 9.53 Å². The number of carbonyl (C=O) groups excluding carboxylic acids is 1. The molecule has 1 aromatic carbocycles. The van der Waals surface area contributed by atoms with Crippen molar-refractivity contribution in [2.45, 2.75) is 12.5 Å². The second-order valence-corrected chi connectivity index (χ2v) is 4.72. The van der Waals surface area contributed by atoms with Crippen molar-refractivity contribution in [3.63, 3.8) is 0 Å². The molecule has 2 heterocycles. The lowest BCUT2D eigenvalue weighted by molar-refractivity contribution is -0.139. The largest absolute Gasteiger partial charge is 0.467 e. The number of hydrogen-bond donors (Lipinski definition) is 0. The minimum atomic E-state index is -0.338. The minimum absolute atomic E-state index is 0.301. The van der Waals surface area contributed by atoms with Gasteiger partial charge in [0, 0.05) is 29.3 Å². The monoisotopic (exact) mass is 282 g/mol. The summed E-state index contributed by atoms with van der Waals surface area (Å²) in [7, 11) is 1.52. The molecule has 0 spiro atoms. The van der Waals surface area contributed by atoms with E-state index in [1.165, 1.54) is 7.11 Å². The molecule has 1 fully saturated rings. The van der Waals surface area contributed by atoms with Gasteiger partial charge in [0.15, 0.2) is 0 Å². The van der Waals surface area contributed by atoms with Crippen LogP contribution in [0.2, 0.25) is 0 Å². The average molecular weight is 282 g/mol. The molecule has 0 aliphatic carbocycles. The van der Waals surface area contributed by atoms with E-state index in [1.54, 1.807) is 12.3 Å². The summed E-state index contributed by atoms with van der Waals surface area (Å²) in [5, 5.41) is 0. The van der Waals surface area contributed by atoms with E-state index in [1.807, 2.05) is 24.3 Å². The third-order valence-electron chi connectivity index (χ3n) is 3.37. The minimum Gasteiger partial charge on any atom is -0.467 e. The zero-order valence-corrected chi connectivity index (χ0v) is 11.6. The zero-order valence-electron chi connectivity index (χ0n) is 11.6. The van der Waals surface area contributed by atoms with E-state index in [4.69, 9.17) is 9.47 Å². The Morgan fingerprint density at radius 3 is 2.86 bits per heavy atom. The van der Waals surface area contributed by atoms with Crippen LogP contribution in [0.15, 0.2) is 48.7 Å². The molecule has 0 N–H and O–H groups in total. The fourth-order valence-electron chi connectivity index (χ4n) is 2.33. The third kappa shape index (κ3) is 2.50. The van der Waals surface area contributed by atoms with Crippen molar-refractivity contribution in [3.05, 3.63) is 54.2 Å². The molecule has 1 aliphatic heterocycles. The smallest absolute Gasteiger partial charge is 0.334 e. The molecule has 2 aromatic rings. The standard InChI is InChI=1S/C16H14N2O3/c1-10-9-14(21-15(10)19)12-6-4-3-5-11(12)13-7-8-17-16(18-13)20-2/h3-8,14H,1,9H2,2H3. The molecule has 0 radical (unpaired) electrons. The number of cyclic esters (lactones) is 1. The fourth-order valence-corrected chi connectivity index (χ4v) is 2.33. The van der Waals surface area contributed by atoms with Gasteiger partial charge in [0.1, 0.15) is 6.10 Å². The lowest BCUT2D eigenvalue weighted by Crippen LogP contribution is -2.02. The summed E-state index contributed by atoms with van der Waals surface area (Å²) in [4.78, 5) is 19.9. The molecule has 0 amide bonds. The number of ether oxygens (including phenoxy) is 2. The van der Waals surface area contributed by atoms with Crippen LogP contribution < -0.4 is 4.74 Å². The van der Waals surface area contributed by atoms with Gasteiger partial charge in [0.05, 0.1) is 12.8 Å². The van der Waals surface area contributed by atoms with Crippen molar-refractivity contribution in [3.8, 4) is 17.3 Å². The molecule has 106 valence electrons. The molecule has 1 unspecified atom stereocenters. The normalized spacial score (nSPS) is 17.7. The molecule has 1 atom stereocenters. The molecule has 0 bridgehead atoms. The SMILES string of the molecule is C=C1CC(c2ccccc2-c2ccnc(OC)n2)OC1=O. The first-order valence-electron chi connectivity index (χ1n) is 6.54. The van der Waals surface area contributed by atoms with Gasteiger partial charge in [-0.1, -0.05) is 30.8 Å². The molecule has 5 nitrogen and oxygen atoms in total. The molecule has 3 rings (SSSR count). The predicted molar refractivity (Wildman–Crippen MR) is 76.6 cm³/mol. The summed E-state index contributed by atoms with van der Waals surface area (Å²) in [5.41, 5.74) is 3.03. The van der Waals surface area contributed by atoms with Crippen LogP contribution >= 0.6 is 0 Å². The lowest BCUT2D eigenvalue weighted by Gasteiger charge is -2.14. The first kappa shape index (κ1) is 13.3. The van der Waals surface area contributed by atoms with Crippen LogP contribution in [-0.4, -0.2) is 23.0 Å². The molecule has 1 aliphatic rings. The number of rotatable bonds is 3. The van der Waals surface area contributed by atoms with Crippen LogP contribution in [0.5, 0.6) is 6.01 Å². The molecular formula is C16H14N2O3. The Morgan fingerprint density at radius 1 is 1.33 bits per heavy atom. The van der Waals surface area contributed by atoms with Crippen LogP contribution in [0.3, 0.4) is 0 Å². The Kier molecular flexibility index (Phi) is 3.39. The lowest BCUT2D eigenvalue weighted by atomic mass is 9.97.